The lowest BCUT2D eigenvalue weighted by Crippen LogP contribution is -2.17. The van der Waals surface area contributed by atoms with Crippen LogP contribution in [0.5, 0.6) is 11.5 Å². The van der Waals surface area contributed by atoms with E-state index in [-0.39, 0.29) is 5.91 Å². The average Bonchev–Trinajstić information content (AvgIpc) is 2.74. The first-order valence-electron chi connectivity index (χ1n) is 9.18. The number of nitrogens with one attached hydrogen (secondary N) is 1. The molecule has 0 fully saturated rings. The Morgan fingerprint density at radius 1 is 1.00 bits per heavy atom. The molecule has 3 aromatic rings. The lowest BCUT2D eigenvalue weighted by atomic mass is 10.2. The molecule has 0 aliphatic rings. The van der Waals surface area contributed by atoms with Crippen LogP contribution in [0.15, 0.2) is 82.4 Å². The molecule has 0 saturated heterocycles. The van der Waals surface area contributed by atoms with E-state index in [0.29, 0.717) is 30.3 Å². The Balaban J connectivity index is 1.65. The molecule has 6 heteroatoms. The van der Waals surface area contributed by atoms with Crippen molar-refractivity contribution in [1.82, 2.24) is 5.43 Å². The fourth-order valence-corrected chi connectivity index (χ4v) is 2.99. The molecule has 0 radical (unpaired) electrons. The topological polar surface area (TPSA) is 59.9 Å². The van der Waals surface area contributed by atoms with E-state index in [9.17, 15) is 4.79 Å². The van der Waals surface area contributed by atoms with E-state index in [0.717, 1.165) is 15.6 Å². The molecule has 0 saturated carbocycles. The highest BCUT2D eigenvalue weighted by Crippen LogP contribution is 2.28. The first-order chi connectivity index (χ1) is 14.2. The second-order valence-electron chi connectivity index (χ2n) is 6.12. The first-order valence-corrected chi connectivity index (χ1v) is 9.97. The van der Waals surface area contributed by atoms with Crippen LogP contribution in [0.4, 0.5) is 0 Å². The van der Waals surface area contributed by atoms with Crippen LogP contribution >= 0.6 is 15.9 Å². The fourth-order valence-electron chi connectivity index (χ4n) is 2.59. The molecule has 0 bridgehead atoms. The van der Waals surface area contributed by atoms with Gasteiger partial charge in [-0.05, 0) is 54.4 Å². The van der Waals surface area contributed by atoms with Gasteiger partial charge >= 0.3 is 0 Å². The Hall–Kier alpha value is -3.12. The van der Waals surface area contributed by atoms with Gasteiger partial charge in [0, 0.05) is 10.0 Å². The van der Waals surface area contributed by atoms with E-state index in [1.165, 1.54) is 0 Å². The van der Waals surface area contributed by atoms with Crippen LogP contribution in [0.1, 0.15) is 28.4 Å². The number of carbonyl (C=O) groups excluding carboxylic acids is 1. The number of ether oxygens (including phenoxy) is 2. The van der Waals surface area contributed by atoms with Gasteiger partial charge in [-0.3, -0.25) is 4.79 Å². The summed E-state index contributed by atoms with van der Waals surface area (Å²) < 4.78 is 12.4. The van der Waals surface area contributed by atoms with Gasteiger partial charge in [0.05, 0.1) is 12.8 Å². The van der Waals surface area contributed by atoms with Crippen molar-refractivity contribution in [3.8, 4) is 11.5 Å². The molecule has 0 heterocycles. The Kier molecular flexibility index (Phi) is 7.41. The van der Waals surface area contributed by atoms with Gasteiger partial charge in [0.1, 0.15) is 6.61 Å². The van der Waals surface area contributed by atoms with Gasteiger partial charge in [-0.25, -0.2) is 5.43 Å². The Morgan fingerprint density at radius 2 is 1.83 bits per heavy atom. The zero-order valence-corrected chi connectivity index (χ0v) is 17.6. The van der Waals surface area contributed by atoms with Crippen molar-refractivity contribution in [2.24, 2.45) is 5.10 Å². The van der Waals surface area contributed by atoms with Crippen LogP contribution in [-0.4, -0.2) is 18.7 Å². The van der Waals surface area contributed by atoms with Crippen molar-refractivity contribution in [2.75, 3.05) is 6.61 Å². The number of rotatable bonds is 8. The molecule has 3 aromatic carbocycles. The molecule has 148 valence electrons. The summed E-state index contributed by atoms with van der Waals surface area (Å²) in [5.74, 6) is 1.01. The maximum Gasteiger partial charge on any atom is 0.271 e. The smallest absolute Gasteiger partial charge is 0.271 e. The van der Waals surface area contributed by atoms with Gasteiger partial charge in [0.15, 0.2) is 11.5 Å². The van der Waals surface area contributed by atoms with Gasteiger partial charge in [0.25, 0.3) is 5.91 Å². The third kappa shape index (κ3) is 6.19. The molecule has 3 rings (SSSR count). The van der Waals surface area contributed by atoms with Gasteiger partial charge in [-0.15, -0.1) is 0 Å². The summed E-state index contributed by atoms with van der Waals surface area (Å²) in [4.78, 5) is 12.1. The Bertz CT molecular complexity index is 990. The molecule has 1 N–H and O–H groups in total. The lowest BCUT2D eigenvalue weighted by Gasteiger charge is -2.12. The van der Waals surface area contributed by atoms with Crippen molar-refractivity contribution >= 4 is 28.1 Å². The predicted octanol–water partition coefficient (Wildman–Crippen LogP) is 5.19. The van der Waals surface area contributed by atoms with Crippen molar-refractivity contribution < 1.29 is 14.3 Å². The summed E-state index contributed by atoms with van der Waals surface area (Å²) in [6.07, 6.45) is 1.57. The van der Waals surface area contributed by atoms with Gasteiger partial charge in [0.2, 0.25) is 0 Å². The first kappa shape index (κ1) is 20.6. The average molecular weight is 453 g/mol. The fraction of sp³-hybridized carbons (Fsp3) is 0.130. The number of hydrogen-bond donors (Lipinski definition) is 1. The number of halogens is 1. The monoisotopic (exact) mass is 452 g/mol. The highest BCUT2D eigenvalue weighted by molar-refractivity contribution is 9.10. The van der Waals surface area contributed by atoms with Gasteiger partial charge in [-0.2, -0.15) is 5.10 Å². The summed E-state index contributed by atoms with van der Waals surface area (Å²) in [6.45, 7) is 2.89. The maximum absolute atomic E-state index is 12.1. The molecule has 0 aliphatic heterocycles. The normalized spacial score (nSPS) is 10.7. The number of carbonyl (C=O) groups is 1. The number of nitrogens with zero attached hydrogens (tertiary/aromatic N) is 1. The van der Waals surface area contributed by atoms with E-state index in [1.54, 1.807) is 24.4 Å². The SMILES string of the molecule is CCOc1cc(/C=N/NC(=O)c2cccc(Br)c2)ccc1OCc1ccccc1. The molecule has 5 nitrogen and oxygen atoms in total. The second kappa shape index (κ2) is 10.4. The summed E-state index contributed by atoms with van der Waals surface area (Å²) in [6, 6.07) is 22.6. The minimum Gasteiger partial charge on any atom is -0.490 e. The standard InChI is InChI=1S/C23H21BrN2O3/c1-2-28-22-13-18(11-12-21(22)29-16-17-7-4-3-5-8-17)15-25-26-23(27)19-9-6-10-20(24)14-19/h3-15H,2,16H2,1H3,(H,26,27)/b25-15+. The van der Waals surface area contributed by atoms with E-state index < -0.39 is 0 Å². The highest BCUT2D eigenvalue weighted by atomic mass is 79.9. The van der Waals surface area contributed by atoms with Crippen molar-refractivity contribution in [3.05, 3.63) is 94.0 Å². The zero-order chi connectivity index (χ0) is 20.5. The predicted molar refractivity (Wildman–Crippen MR) is 118 cm³/mol. The molecular weight excluding hydrogens is 432 g/mol. The van der Waals surface area contributed by atoms with Crippen LogP contribution in [-0.2, 0) is 6.61 Å². The number of hydrazone groups is 1. The third-order valence-electron chi connectivity index (χ3n) is 3.97. The number of amides is 1. The third-order valence-corrected chi connectivity index (χ3v) is 4.46. The summed E-state index contributed by atoms with van der Waals surface area (Å²) >= 11 is 3.35. The van der Waals surface area contributed by atoms with Gasteiger partial charge < -0.3 is 9.47 Å². The lowest BCUT2D eigenvalue weighted by molar-refractivity contribution is 0.0955. The Labute approximate surface area is 178 Å². The minimum atomic E-state index is -0.282. The van der Waals surface area contributed by atoms with E-state index in [1.807, 2.05) is 61.5 Å². The van der Waals surface area contributed by atoms with Crippen LogP contribution in [0.3, 0.4) is 0 Å². The van der Waals surface area contributed by atoms with E-state index >= 15 is 0 Å². The highest BCUT2D eigenvalue weighted by Gasteiger charge is 2.07. The Morgan fingerprint density at radius 3 is 2.59 bits per heavy atom. The summed E-state index contributed by atoms with van der Waals surface area (Å²) in [5.41, 5.74) is 4.92. The quantitative estimate of drug-likeness (QED) is 0.377. The molecule has 0 aromatic heterocycles. The molecule has 0 aliphatic carbocycles. The van der Waals surface area contributed by atoms with E-state index in [4.69, 9.17) is 9.47 Å². The summed E-state index contributed by atoms with van der Waals surface area (Å²) in [7, 11) is 0. The van der Waals surface area contributed by atoms with Crippen LogP contribution in [0, 0.1) is 0 Å². The molecular formula is C23H21BrN2O3. The van der Waals surface area contributed by atoms with Gasteiger partial charge in [-0.1, -0.05) is 52.3 Å². The zero-order valence-electron chi connectivity index (χ0n) is 16.0. The van der Waals surface area contributed by atoms with Crippen molar-refractivity contribution in [2.45, 2.75) is 13.5 Å². The molecule has 0 spiro atoms. The number of hydrogen-bond acceptors (Lipinski definition) is 4. The maximum atomic E-state index is 12.1. The van der Waals surface area contributed by atoms with Crippen LogP contribution in [0.2, 0.25) is 0 Å². The molecule has 1 amide bonds. The minimum absolute atomic E-state index is 0.282. The second-order valence-corrected chi connectivity index (χ2v) is 7.04. The van der Waals surface area contributed by atoms with Crippen molar-refractivity contribution in [3.63, 3.8) is 0 Å². The van der Waals surface area contributed by atoms with Crippen molar-refractivity contribution in [1.29, 1.82) is 0 Å². The van der Waals surface area contributed by atoms with Crippen LogP contribution < -0.4 is 14.9 Å². The molecule has 0 atom stereocenters. The number of benzene rings is 3. The van der Waals surface area contributed by atoms with Crippen LogP contribution in [0.25, 0.3) is 0 Å². The molecule has 0 unspecified atom stereocenters. The molecule has 29 heavy (non-hydrogen) atoms. The largest absolute Gasteiger partial charge is 0.490 e. The summed E-state index contributed by atoms with van der Waals surface area (Å²) in [5, 5.41) is 4.04. The van der Waals surface area contributed by atoms with E-state index in [2.05, 4.69) is 26.5 Å².